The molecule has 1 fully saturated rings. The normalized spacial score (nSPS) is 19.3. The fourth-order valence-electron chi connectivity index (χ4n) is 3.03. The number of hydrogen-bond donors (Lipinski definition) is 0. The van der Waals surface area contributed by atoms with E-state index in [9.17, 15) is 9.59 Å². The Labute approximate surface area is 144 Å². The maximum absolute atomic E-state index is 12.8. The Bertz CT molecular complexity index is 757. The minimum absolute atomic E-state index is 0.0199. The molecule has 0 aliphatic carbocycles. The second-order valence-corrected chi connectivity index (χ2v) is 6.87. The molecule has 2 atom stereocenters. The first-order valence-corrected chi connectivity index (χ1v) is 8.46. The van der Waals surface area contributed by atoms with E-state index >= 15 is 0 Å². The first-order valence-electron chi connectivity index (χ1n) is 7.67. The van der Waals surface area contributed by atoms with Crippen LogP contribution in [0.2, 0.25) is 0 Å². The first kappa shape index (κ1) is 15.9. The number of benzene rings is 2. The number of nitrogens with zero attached hydrogens (tertiary/aromatic N) is 1. The standard InChI is InChI=1S/C19H18BrNO2/c1-12-8-9-15(10-17(12)20)21-18(22)11-16(19(21)23)13(2)14-6-4-3-5-7-14/h3-10,13,16H,11H2,1-2H3. The minimum Gasteiger partial charge on any atom is -0.274 e. The summed E-state index contributed by atoms with van der Waals surface area (Å²) in [5.41, 5.74) is 2.80. The zero-order valence-electron chi connectivity index (χ0n) is 13.1. The van der Waals surface area contributed by atoms with E-state index in [1.54, 1.807) is 0 Å². The number of carbonyl (C=O) groups is 2. The molecule has 0 radical (unpaired) electrons. The minimum atomic E-state index is -0.301. The van der Waals surface area contributed by atoms with Gasteiger partial charge in [-0.25, -0.2) is 0 Å². The second-order valence-electron chi connectivity index (χ2n) is 6.01. The highest BCUT2D eigenvalue weighted by Gasteiger charge is 2.42. The summed E-state index contributed by atoms with van der Waals surface area (Å²) in [6.45, 7) is 3.99. The van der Waals surface area contributed by atoms with E-state index in [1.807, 2.05) is 62.4 Å². The van der Waals surface area contributed by atoms with Crippen LogP contribution in [0.15, 0.2) is 53.0 Å². The SMILES string of the molecule is Cc1ccc(N2C(=O)CC(C(C)c3ccccc3)C2=O)cc1Br. The Morgan fingerprint density at radius 2 is 1.83 bits per heavy atom. The number of rotatable bonds is 3. The van der Waals surface area contributed by atoms with Gasteiger partial charge in [0.15, 0.2) is 0 Å². The number of anilines is 1. The van der Waals surface area contributed by atoms with Gasteiger partial charge in [-0.15, -0.1) is 0 Å². The van der Waals surface area contributed by atoms with Crippen LogP contribution in [0.3, 0.4) is 0 Å². The molecule has 3 rings (SSSR count). The third kappa shape index (κ3) is 2.95. The van der Waals surface area contributed by atoms with E-state index in [1.165, 1.54) is 4.90 Å². The van der Waals surface area contributed by atoms with Gasteiger partial charge in [-0.1, -0.05) is 59.3 Å². The summed E-state index contributed by atoms with van der Waals surface area (Å²) in [5.74, 6) is -0.517. The van der Waals surface area contributed by atoms with Gasteiger partial charge in [0.25, 0.3) is 0 Å². The molecule has 0 aromatic heterocycles. The largest absolute Gasteiger partial charge is 0.274 e. The van der Waals surface area contributed by atoms with Gasteiger partial charge in [0.2, 0.25) is 11.8 Å². The van der Waals surface area contributed by atoms with Crippen LogP contribution in [-0.4, -0.2) is 11.8 Å². The van der Waals surface area contributed by atoms with Crippen LogP contribution in [-0.2, 0) is 9.59 Å². The van der Waals surface area contributed by atoms with Crippen LogP contribution in [0.1, 0.15) is 30.4 Å². The zero-order valence-corrected chi connectivity index (χ0v) is 14.7. The van der Waals surface area contributed by atoms with Gasteiger partial charge in [-0.3, -0.25) is 14.5 Å². The van der Waals surface area contributed by atoms with Crippen molar-refractivity contribution in [3.63, 3.8) is 0 Å². The summed E-state index contributed by atoms with van der Waals surface area (Å²) in [5, 5.41) is 0. The van der Waals surface area contributed by atoms with E-state index < -0.39 is 0 Å². The molecule has 1 aliphatic heterocycles. The molecule has 0 N–H and O–H groups in total. The van der Waals surface area contributed by atoms with Crippen molar-refractivity contribution in [1.29, 1.82) is 0 Å². The Morgan fingerprint density at radius 1 is 1.13 bits per heavy atom. The highest BCUT2D eigenvalue weighted by molar-refractivity contribution is 9.10. The molecule has 118 valence electrons. The van der Waals surface area contributed by atoms with Gasteiger partial charge in [-0.2, -0.15) is 0 Å². The quantitative estimate of drug-likeness (QED) is 0.747. The summed E-state index contributed by atoms with van der Waals surface area (Å²) in [7, 11) is 0. The lowest BCUT2D eigenvalue weighted by atomic mass is 9.86. The van der Waals surface area contributed by atoms with Crippen molar-refractivity contribution in [2.24, 2.45) is 5.92 Å². The number of amides is 2. The number of halogens is 1. The highest BCUT2D eigenvalue weighted by Crippen LogP contribution is 2.36. The summed E-state index contributed by atoms with van der Waals surface area (Å²) in [6, 6.07) is 15.5. The van der Waals surface area contributed by atoms with Crippen molar-refractivity contribution in [3.8, 4) is 0 Å². The molecular formula is C19H18BrNO2. The molecule has 3 nitrogen and oxygen atoms in total. The van der Waals surface area contributed by atoms with Crippen molar-refractivity contribution >= 4 is 33.4 Å². The van der Waals surface area contributed by atoms with Crippen LogP contribution in [0.5, 0.6) is 0 Å². The topological polar surface area (TPSA) is 37.4 Å². The Balaban J connectivity index is 1.89. The Morgan fingerprint density at radius 3 is 2.48 bits per heavy atom. The smallest absolute Gasteiger partial charge is 0.237 e. The van der Waals surface area contributed by atoms with Crippen LogP contribution < -0.4 is 4.90 Å². The van der Waals surface area contributed by atoms with Gasteiger partial charge in [0.05, 0.1) is 11.6 Å². The van der Waals surface area contributed by atoms with Crippen molar-refractivity contribution in [2.45, 2.75) is 26.2 Å². The van der Waals surface area contributed by atoms with Gasteiger partial charge in [0, 0.05) is 10.9 Å². The number of hydrogen-bond acceptors (Lipinski definition) is 2. The average Bonchev–Trinajstić information content (AvgIpc) is 2.85. The van der Waals surface area contributed by atoms with Crippen molar-refractivity contribution in [1.82, 2.24) is 0 Å². The molecular weight excluding hydrogens is 354 g/mol. The molecule has 2 aromatic rings. The molecule has 2 amide bonds. The van der Waals surface area contributed by atoms with Crippen molar-refractivity contribution < 1.29 is 9.59 Å². The van der Waals surface area contributed by atoms with Crippen LogP contribution in [0, 0.1) is 12.8 Å². The molecule has 1 aliphatic rings. The molecule has 0 bridgehead atoms. The Hall–Kier alpha value is -1.94. The number of aryl methyl sites for hydroxylation is 1. The lowest BCUT2D eigenvalue weighted by molar-refractivity contribution is -0.122. The van der Waals surface area contributed by atoms with E-state index in [0.29, 0.717) is 5.69 Å². The predicted molar refractivity (Wildman–Crippen MR) is 94.3 cm³/mol. The van der Waals surface area contributed by atoms with Gasteiger partial charge < -0.3 is 0 Å². The van der Waals surface area contributed by atoms with Crippen molar-refractivity contribution in [3.05, 3.63) is 64.1 Å². The molecule has 23 heavy (non-hydrogen) atoms. The van der Waals surface area contributed by atoms with Crippen LogP contribution >= 0.6 is 15.9 Å². The maximum Gasteiger partial charge on any atom is 0.237 e. The first-order chi connectivity index (χ1) is 11.0. The van der Waals surface area contributed by atoms with Gasteiger partial charge >= 0.3 is 0 Å². The van der Waals surface area contributed by atoms with E-state index in [4.69, 9.17) is 0 Å². The molecule has 2 aromatic carbocycles. The lowest BCUT2D eigenvalue weighted by Crippen LogP contribution is -2.31. The summed E-state index contributed by atoms with van der Waals surface area (Å²) < 4.78 is 0.898. The lowest BCUT2D eigenvalue weighted by Gasteiger charge is -2.19. The second kappa shape index (κ2) is 6.28. The van der Waals surface area contributed by atoms with E-state index in [2.05, 4.69) is 15.9 Å². The molecule has 1 saturated heterocycles. The fourth-order valence-corrected chi connectivity index (χ4v) is 3.39. The Kier molecular flexibility index (Phi) is 4.35. The fraction of sp³-hybridized carbons (Fsp3) is 0.263. The number of imide groups is 1. The van der Waals surface area contributed by atoms with E-state index in [-0.39, 0.29) is 30.1 Å². The van der Waals surface area contributed by atoms with E-state index in [0.717, 1.165) is 15.6 Å². The van der Waals surface area contributed by atoms with Crippen LogP contribution in [0.25, 0.3) is 0 Å². The predicted octanol–water partition coefficient (Wildman–Crippen LogP) is 4.44. The molecule has 0 spiro atoms. The molecule has 1 heterocycles. The number of carbonyl (C=O) groups excluding carboxylic acids is 2. The van der Waals surface area contributed by atoms with Crippen LogP contribution in [0.4, 0.5) is 5.69 Å². The molecule has 0 saturated carbocycles. The molecule has 4 heteroatoms. The molecule has 2 unspecified atom stereocenters. The summed E-state index contributed by atoms with van der Waals surface area (Å²) in [4.78, 5) is 26.6. The third-order valence-electron chi connectivity index (χ3n) is 4.52. The zero-order chi connectivity index (χ0) is 16.6. The summed E-state index contributed by atoms with van der Waals surface area (Å²) >= 11 is 3.46. The van der Waals surface area contributed by atoms with Gasteiger partial charge in [-0.05, 0) is 36.1 Å². The summed E-state index contributed by atoms with van der Waals surface area (Å²) in [6.07, 6.45) is 0.264. The average molecular weight is 372 g/mol. The van der Waals surface area contributed by atoms with Gasteiger partial charge in [0.1, 0.15) is 0 Å². The van der Waals surface area contributed by atoms with Crippen molar-refractivity contribution in [2.75, 3.05) is 4.90 Å². The third-order valence-corrected chi connectivity index (χ3v) is 5.38. The maximum atomic E-state index is 12.8. The highest BCUT2D eigenvalue weighted by atomic mass is 79.9. The monoisotopic (exact) mass is 371 g/mol.